The number of benzene rings is 2. The van der Waals surface area contributed by atoms with Crippen molar-refractivity contribution < 1.29 is 9.53 Å². The first-order chi connectivity index (χ1) is 15.3. The molecule has 0 atom stereocenters. The summed E-state index contributed by atoms with van der Waals surface area (Å²) in [6.45, 7) is 11.2. The second kappa shape index (κ2) is 10.1. The van der Waals surface area contributed by atoms with Gasteiger partial charge in [-0.25, -0.2) is 4.99 Å². The lowest BCUT2D eigenvalue weighted by atomic mass is 10.1. The number of ether oxygens (including phenoxy) is 1. The van der Waals surface area contributed by atoms with Crippen molar-refractivity contribution in [1.29, 1.82) is 0 Å². The molecule has 7 nitrogen and oxygen atoms in total. The third-order valence-corrected chi connectivity index (χ3v) is 5.30. The SMILES string of the molecule is CCn1nc(C)c(CN=C(NC(=O)c2cc(C)cc(C)c2)Nc2ccccc2OC)c1C. The van der Waals surface area contributed by atoms with Crippen LogP contribution in [0.4, 0.5) is 5.69 Å². The molecule has 2 N–H and O–H groups in total. The van der Waals surface area contributed by atoms with Gasteiger partial charge in [0.2, 0.25) is 5.96 Å². The number of aryl methyl sites for hydroxylation is 4. The molecule has 7 heteroatoms. The number of nitrogens with zero attached hydrogens (tertiary/aromatic N) is 3. The maximum atomic E-state index is 13.0. The van der Waals surface area contributed by atoms with Crippen LogP contribution in [-0.2, 0) is 13.1 Å². The van der Waals surface area contributed by atoms with Crippen molar-refractivity contribution in [1.82, 2.24) is 15.1 Å². The van der Waals surface area contributed by atoms with E-state index < -0.39 is 0 Å². The lowest BCUT2D eigenvalue weighted by Crippen LogP contribution is -2.36. The molecule has 1 aromatic heterocycles. The normalized spacial score (nSPS) is 11.4. The van der Waals surface area contributed by atoms with Gasteiger partial charge in [-0.15, -0.1) is 0 Å². The molecule has 0 aliphatic heterocycles. The van der Waals surface area contributed by atoms with Gasteiger partial charge in [-0.3, -0.25) is 14.8 Å². The minimum atomic E-state index is -0.226. The summed E-state index contributed by atoms with van der Waals surface area (Å²) in [7, 11) is 1.61. The molecule has 1 amide bonds. The van der Waals surface area contributed by atoms with Crippen LogP contribution in [0.5, 0.6) is 5.75 Å². The number of anilines is 1. The molecule has 0 unspecified atom stereocenters. The number of carbonyl (C=O) groups is 1. The van der Waals surface area contributed by atoms with Gasteiger partial charge < -0.3 is 10.1 Å². The van der Waals surface area contributed by atoms with Crippen molar-refractivity contribution in [2.75, 3.05) is 12.4 Å². The van der Waals surface area contributed by atoms with Crippen molar-refractivity contribution in [2.45, 2.75) is 47.7 Å². The monoisotopic (exact) mass is 433 g/mol. The molecule has 1 heterocycles. The zero-order chi connectivity index (χ0) is 23.3. The molecule has 0 spiro atoms. The summed E-state index contributed by atoms with van der Waals surface area (Å²) in [6.07, 6.45) is 0. The van der Waals surface area contributed by atoms with Crippen LogP contribution < -0.4 is 15.4 Å². The number of carbonyl (C=O) groups excluding carboxylic acids is 1. The minimum absolute atomic E-state index is 0.226. The van der Waals surface area contributed by atoms with Crippen molar-refractivity contribution in [3.8, 4) is 5.75 Å². The molecular formula is C25H31N5O2. The Morgan fingerprint density at radius 2 is 1.78 bits per heavy atom. The summed E-state index contributed by atoms with van der Waals surface area (Å²) < 4.78 is 7.40. The van der Waals surface area contributed by atoms with E-state index in [4.69, 9.17) is 9.73 Å². The van der Waals surface area contributed by atoms with Gasteiger partial charge in [0.15, 0.2) is 0 Å². The number of para-hydroxylation sites is 2. The third-order valence-electron chi connectivity index (χ3n) is 5.30. The van der Waals surface area contributed by atoms with Crippen LogP contribution >= 0.6 is 0 Å². The van der Waals surface area contributed by atoms with Crippen LogP contribution in [0.1, 0.15) is 45.4 Å². The quantitative estimate of drug-likeness (QED) is 0.442. The molecule has 32 heavy (non-hydrogen) atoms. The van der Waals surface area contributed by atoms with Crippen LogP contribution in [0.15, 0.2) is 47.5 Å². The Morgan fingerprint density at radius 3 is 2.41 bits per heavy atom. The van der Waals surface area contributed by atoms with Crippen molar-refractivity contribution >= 4 is 17.6 Å². The van der Waals surface area contributed by atoms with Crippen molar-refractivity contribution in [3.05, 3.63) is 76.1 Å². The van der Waals surface area contributed by atoms with E-state index in [1.165, 1.54) is 0 Å². The highest BCUT2D eigenvalue weighted by molar-refractivity contribution is 6.10. The van der Waals surface area contributed by atoms with Crippen LogP contribution in [0.25, 0.3) is 0 Å². The largest absolute Gasteiger partial charge is 0.495 e. The number of guanidine groups is 1. The Morgan fingerprint density at radius 1 is 1.09 bits per heavy atom. The van der Waals surface area contributed by atoms with E-state index in [9.17, 15) is 4.79 Å². The molecule has 0 bridgehead atoms. The first kappa shape index (κ1) is 23.1. The van der Waals surface area contributed by atoms with E-state index >= 15 is 0 Å². The number of amides is 1. The molecule has 0 aliphatic rings. The number of hydrogen-bond acceptors (Lipinski definition) is 4. The van der Waals surface area contributed by atoms with Gasteiger partial charge in [0, 0.05) is 23.4 Å². The van der Waals surface area contributed by atoms with Crippen molar-refractivity contribution in [3.63, 3.8) is 0 Å². The van der Waals surface area contributed by atoms with Gasteiger partial charge in [-0.05, 0) is 58.9 Å². The Kier molecular flexibility index (Phi) is 7.30. The topological polar surface area (TPSA) is 80.5 Å². The zero-order valence-electron chi connectivity index (χ0n) is 19.6. The highest BCUT2D eigenvalue weighted by Gasteiger charge is 2.14. The van der Waals surface area contributed by atoms with E-state index in [0.29, 0.717) is 29.5 Å². The molecule has 0 radical (unpaired) electrons. The predicted octanol–water partition coefficient (Wildman–Crippen LogP) is 4.54. The van der Waals surface area contributed by atoms with E-state index in [-0.39, 0.29) is 5.91 Å². The number of methoxy groups -OCH3 is 1. The van der Waals surface area contributed by atoms with Crippen LogP contribution in [0.2, 0.25) is 0 Å². The van der Waals surface area contributed by atoms with E-state index in [2.05, 4.69) is 22.7 Å². The maximum Gasteiger partial charge on any atom is 0.257 e. The summed E-state index contributed by atoms with van der Waals surface area (Å²) in [4.78, 5) is 17.7. The molecule has 3 aromatic rings. The van der Waals surface area contributed by atoms with Gasteiger partial charge in [-0.1, -0.05) is 29.3 Å². The fraction of sp³-hybridized carbons (Fsp3) is 0.320. The minimum Gasteiger partial charge on any atom is -0.495 e. The van der Waals surface area contributed by atoms with Gasteiger partial charge >= 0.3 is 0 Å². The van der Waals surface area contributed by atoms with Crippen LogP contribution in [0, 0.1) is 27.7 Å². The predicted molar refractivity (Wildman–Crippen MR) is 129 cm³/mol. The third kappa shape index (κ3) is 5.35. The highest BCUT2D eigenvalue weighted by atomic mass is 16.5. The molecule has 168 valence electrons. The molecular weight excluding hydrogens is 402 g/mol. The Labute approximate surface area is 189 Å². The summed E-state index contributed by atoms with van der Waals surface area (Å²) in [5.74, 6) is 0.782. The lowest BCUT2D eigenvalue weighted by molar-refractivity contribution is 0.0976. The summed E-state index contributed by atoms with van der Waals surface area (Å²) in [6, 6.07) is 13.3. The maximum absolute atomic E-state index is 13.0. The average Bonchev–Trinajstić information content (AvgIpc) is 3.04. The number of nitrogens with one attached hydrogen (secondary N) is 2. The molecule has 2 aromatic carbocycles. The second-order valence-electron chi connectivity index (χ2n) is 7.79. The van der Waals surface area contributed by atoms with Crippen LogP contribution in [0.3, 0.4) is 0 Å². The van der Waals surface area contributed by atoms with Crippen LogP contribution in [-0.4, -0.2) is 28.8 Å². The fourth-order valence-electron chi connectivity index (χ4n) is 3.70. The molecule has 0 saturated carbocycles. The number of aliphatic imine (C=N–C) groups is 1. The Bertz CT molecular complexity index is 1130. The first-order valence-corrected chi connectivity index (χ1v) is 10.7. The second-order valence-corrected chi connectivity index (χ2v) is 7.79. The molecule has 0 aliphatic carbocycles. The number of hydrogen-bond donors (Lipinski definition) is 2. The molecule has 3 rings (SSSR count). The standard InChI is InChI=1S/C25H31N5O2/c1-7-30-19(5)21(18(4)29-30)15-26-25(27-22-10-8-9-11-23(22)32-6)28-24(31)20-13-16(2)12-17(3)14-20/h8-14H,7,15H2,1-6H3,(H2,26,27,28,31). The summed E-state index contributed by atoms with van der Waals surface area (Å²) >= 11 is 0. The Hall–Kier alpha value is -3.61. The lowest BCUT2D eigenvalue weighted by Gasteiger charge is -2.15. The van der Waals surface area contributed by atoms with Crippen molar-refractivity contribution in [2.24, 2.45) is 4.99 Å². The average molecular weight is 434 g/mol. The summed E-state index contributed by atoms with van der Waals surface area (Å²) in [5.41, 5.74) is 6.42. The first-order valence-electron chi connectivity index (χ1n) is 10.7. The zero-order valence-corrected chi connectivity index (χ0v) is 19.6. The smallest absolute Gasteiger partial charge is 0.257 e. The molecule has 0 fully saturated rings. The van der Waals surface area contributed by atoms with Gasteiger partial charge in [-0.2, -0.15) is 5.10 Å². The van der Waals surface area contributed by atoms with E-state index in [0.717, 1.165) is 34.6 Å². The van der Waals surface area contributed by atoms with Gasteiger partial charge in [0.05, 0.1) is 25.0 Å². The highest BCUT2D eigenvalue weighted by Crippen LogP contribution is 2.23. The number of aromatic nitrogens is 2. The fourth-order valence-corrected chi connectivity index (χ4v) is 3.70. The number of rotatable bonds is 6. The van der Waals surface area contributed by atoms with Gasteiger partial charge in [0.25, 0.3) is 5.91 Å². The molecule has 0 saturated heterocycles. The summed E-state index contributed by atoms with van der Waals surface area (Å²) in [5, 5.41) is 10.7. The van der Waals surface area contributed by atoms with Gasteiger partial charge in [0.1, 0.15) is 5.75 Å². The van der Waals surface area contributed by atoms with E-state index in [1.54, 1.807) is 7.11 Å². The van der Waals surface area contributed by atoms with E-state index in [1.807, 2.05) is 74.8 Å². The Balaban J connectivity index is 1.92.